The third-order valence-corrected chi connectivity index (χ3v) is 7.31. The van der Waals surface area contributed by atoms with Crippen LogP contribution in [-0.2, 0) is 16.3 Å². The summed E-state index contributed by atoms with van der Waals surface area (Å²) in [5.74, 6) is 1.37. The van der Waals surface area contributed by atoms with Crippen molar-refractivity contribution < 1.29 is 18.4 Å². The second-order valence-electron chi connectivity index (χ2n) is 7.54. The monoisotopic (exact) mass is 484 g/mol. The van der Waals surface area contributed by atoms with Gasteiger partial charge in [0.1, 0.15) is 0 Å². The first-order valence-electron chi connectivity index (χ1n) is 10.2. The molecule has 8 heteroatoms. The molecule has 3 aromatic carbocycles. The molecule has 1 aromatic heterocycles. The third kappa shape index (κ3) is 4.65. The number of ether oxygens (including phenoxy) is 3. The van der Waals surface area contributed by atoms with E-state index in [-0.39, 0.29) is 0 Å². The van der Waals surface area contributed by atoms with Gasteiger partial charge in [-0.25, -0.2) is 4.21 Å². The van der Waals surface area contributed by atoms with Gasteiger partial charge < -0.3 is 18.8 Å². The minimum atomic E-state index is -2.81. The number of nitrogens with zero attached hydrogens (tertiary/aromatic N) is 2. The maximum absolute atomic E-state index is 13.9. The van der Waals surface area contributed by atoms with E-state index >= 15 is 0 Å². The summed E-state index contributed by atoms with van der Waals surface area (Å²) in [7, 11) is 1.80. The van der Waals surface area contributed by atoms with Crippen LogP contribution >= 0.6 is 11.6 Å². The van der Waals surface area contributed by atoms with Gasteiger partial charge in [-0.05, 0) is 23.8 Å². The van der Waals surface area contributed by atoms with E-state index in [0.29, 0.717) is 39.4 Å². The van der Waals surface area contributed by atoms with Gasteiger partial charge in [0.25, 0.3) is 0 Å². The van der Waals surface area contributed by atoms with Gasteiger partial charge in [-0.1, -0.05) is 41.9 Å². The zero-order valence-corrected chi connectivity index (χ0v) is 20.4. The molecule has 1 atom stereocenters. The van der Waals surface area contributed by atoms with Gasteiger partial charge in [0.15, 0.2) is 11.5 Å². The van der Waals surface area contributed by atoms with Crippen molar-refractivity contribution in [1.82, 2.24) is 4.57 Å². The Morgan fingerprint density at radius 3 is 2.18 bits per heavy atom. The Morgan fingerprint density at radius 2 is 1.58 bits per heavy atom. The predicted molar refractivity (Wildman–Crippen MR) is 133 cm³/mol. The van der Waals surface area contributed by atoms with Crippen molar-refractivity contribution in [2.24, 2.45) is 4.36 Å². The lowest BCUT2D eigenvalue weighted by Gasteiger charge is -2.13. The summed E-state index contributed by atoms with van der Waals surface area (Å²) in [6.45, 7) is 0.622. The lowest BCUT2D eigenvalue weighted by atomic mass is 10.2. The molecule has 0 aliphatic carbocycles. The van der Waals surface area contributed by atoms with Crippen LogP contribution in [0.2, 0.25) is 5.02 Å². The number of hydrogen-bond acceptors (Lipinski definition) is 5. The fraction of sp³-hybridized carbons (Fsp3) is 0.200. The van der Waals surface area contributed by atoms with Crippen LogP contribution in [0.25, 0.3) is 10.9 Å². The van der Waals surface area contributed by atoms with Gasteiger partial charge in [0.05, 0.1) is 41.6 Å². The van der Waals surface area contributed by atoms with Crippen LogP contribution in [0, 0.1) is 0 Å². The first kappa shape index (κ1) is 23.0. The first-order chi connectivity index (χ1) is 15.9. The summed E-state index contributed by atoms with van der Waals surface area (Å²) < 4.78 is 36.8. The van der Waals surface area contributed by atoms with E-state index in [1.807, 2.05) is 54.7 Å². The average Bonchev–Trinajstić information content (AvgIpc) is 3.19. The number of fused-ring (bicyclic) bond motifs is 1. The Balaban J connectivity index is 1.84. The van der Waals surface area contributed by atoms with Crippen molar-refractivity contribution >= 4 is 37.9 Å². The summed E-state index contributed by atoms with van der Waals surface area (Å²) >= 11 is 6.03. The molecule has 0 N–H and O–H groups in total. The Bertz CT molecular complexity index is 1400. The second kappa shape index (κ2) is 9.37. The van der Waals surface area contributed by atoms with Crippen LogP contribution in [0.1, 0.15) is 5.56 Å². The van der Waals surface area contributed by atoms with Crippen molar-refractivity contribution in [3.8, 4) is 17.2 Å². The molecule has 1 heterocycles. The van der Waals surface area contributed by atoms with Crippen LogP contribution in [0.5, 0.6) is 17.2 Å². The summed E-state index contributed by atoms with van der Waals surface area (Å²) in [4.78, 5) is 0.667. The molecule has 0 amide bonds. The Kier molecular flexibility index (Phi) is 6.54. The van der Waals surface area contributed by atoms with Crippen LogP contribution in [0.15, 0.2) is 76.1 Å². The summed E-state index contributed by atoms with van der Waals surface area (Å²) in [5, 5.41) is 1.59. The molecule has 0 bridgehead atoms. The van der Waals surface area contributed by atoms with Gasteiger partial charge in [0.2, 0.25) is 5.75 Å². The number of para-hydroxylation sites is 1. The molecule has 0 aliphatic rings. The molecule has 4 rings (SSSR count). The van der Waals surface area contributed by atoms with E-state index in [1.165, 1.54) is 21.3 Å². The lowest BCUT2D eigenvalue weighted by molar-refractivity contribution is 0.324. The largest absolute Gasteiger partial charge is 0.493 e. The van der Waals surface area contributed by atoms with Crippen molar-refractivity contribution in [2.75, 3.05) is 27.6 Å². The van der Waals surface area contributed by atoms with E-state index in [2.05, 4.69) is 8.93 Å². The molecular formula is C25H25ClN2O4S. The minimum Gasteiger partial charge on any atom is -0.493 e. The van der Waals surface area contributed by atoms with Gasteiger partial charge >= 0.3 is 0 Å². The van der Waals surface area contributed by atoms with Gasteiger partial charge in [-0.15, -0.1) is 0 Å². The molecule has 33 heavy (non-hydrogen) atoms. The summed E-state index contributed by atoms with van der Waals surface area (Å²) in [6.07, 6.45) is 3.56. The number of hydrogen-bond donors (Lipinski definition) is 0. The van der Waals surface area contributed by atoms with Gasteiger partial charge in [-0.2, -0.15) is 4.36 Å². The zero-order chi connectivity index (χ0) is 23.6. The third-order valence-electron chi connectivity index (χ3n) is 5.36. The highest BCUT2D eigenvalue weighted by Gasteiger charge is 2.18. The molecule has 0 fully saturated rings. The number of halogens is 1. The number of rotatable bonds is 7. The second-order valence-corrected chi connectivity index (χ2v) is 10.2. The summed E-state index contributed by atoms with van der Waals surface area (Å²) in [5.41, 5.74) is 2.56. The number of aromatic nitrogens is 1. The van der Waals surface area contributed by atoms with Crippen molar-refractivity contribution in [3.63, 3.8) is 0 Å². The minimum absolute atomic E-state index is 0.455. The SMILES string of the molecule is COc1cc(N=S(C)(=O)c2cn(Cc3ccc(Cl)cc3)c3ccccc23)cc(OC)c1OC. The van der Waals surface area contributed by atoms with E-state index in [4.69, 9.17) is 25.8 Å². The molecular weight excluding hydrogens is 460 g/mol. The van der Waals surface area contributed by atoms with Crippen LogP contribution in [0.3, 0.4) is 0 Å². The topological polar surface area (TPSA) is 62.0 Å². The molecule has 6 nitrogen and oxygen atoms in total. The van der Waals surface area contributed by atoms with Crippen molar-refractivity contribution in [2.45, 2.75) is 11.4 Å². The Labute approximate surface area is 198 Å². The molecule has 172 valence electrons. The molecule has 0 radical (unpaired) electrons. The molecule has 1 unspecified atom stereocenters. The number of methoxy groups -OCH3 is 3. The molecule has 0 spiro atoms. The smallest absolute Gasteiger partial charge is 0.203 e. The number of benzene rings is 3. The van der Waals surface area contributed by atoms with Crippen molar-refractivity contribution in [3.05, 3.63) is 77.4 Å². The van der Waals surface area contributed by atoms with E-state index < -0.39 is 9.73 Å². The van der Waals surface area contributed by atoms with E-state index in [9.17, 15) is 4.21 Å². The maximum Gasteiger partial charge on any atom is 0.203 e. The normalized spacial score (nSPS) is 12.9. The molecule has 0 aliphatic heterocycles. The fourth-order valence-electron chi connectivity index (χ4n) is 3.80. The first-order valence-corrected chi connectivity index (χ1v) is 12.5. The van der Waals surface area contributed by atoms with Gasteiger partial charge in [-0.3, -0.25) is 0 Å². The molecule has 0 saturated heterocycles. The van der Waals surface area contributed by atoms with Crippen LogP contribution in [0.4, 0.5) is 5.69 Å². The van der Waals surface area contributed by atoms with E-state index in [0.717, 1.165) is 16.5 Å². The van der Waals surface area contributed by atoms with E-state index in [1.54, 1.807) is 18.4 Å². The van der Waals surface area contributed by atoms with Crippen molar-refractivity contribution in [1.29, 1.82) is 0 Å². The molecule has 0 saturated carbocycles. The Morgan fingerprint density at radius 1 is 0.939 bits per heavy atom. The standard InChI is InChI=1S/C25H25ClN2O4S/c1-30-22-13-19(14-23(31-2)25(22)32-3)27-33(4,29)24-16-28(21-8-6-5-7-20(21)24)15-17-9-11-18(26)12-10-17/h5-14,16H,15H2,1-4H3. The zero-order valence-electron chi connectivity index (χ0n) is 18.9. The quantitative estimate of drug-likeness (QED) is 0.315. The van der Waals surface area contributed by atoms with Gasteiger partial charge in [0, 0.05) is 47.1 Å². The maximum atomic E-state index is 13.9. The summed E-state index contributed by atoms with van der Waals surface area (Å²) in [6, 6.07) is 19.0. The fourth-order valence-corrected chi connectivity index (χ4v) is 5.44. The van der Waals surface area contributed by atoms with Crippen LogP contribution in [-0.4, -0.2) is 36.4 Å². The van der Waals surface area contributed by atoms with Crippen LogP contribution < -0.4 is 14.2 Å². The molecule has 4 aromatic rings. The Hall–Kier alpha value is -3.16. The predicted octanol–water partition coefficient (Wildman–Crippen LogP) is 6.16. The highest BCUT2D eigenvalue weighted by molar-refractivity contribution is 7.93. The highest BCUT2D eigenvalue weighted by Crippen LogP contribution is 2.41. The highest BCUT2D eigenvalue weighted by atomic mass is 35.5. The average molecular weight is 485 g/mol. The lowest BCUT2D eigenvalue weighted by Crippen LogP contribution is -1.99.